The number of nitriles is 1. The van der Waals surface area contributed by atoms with Crippen molar-refractivity contribution in [3.8, 4) is 6.07 Å². The highest BCUT2D eigenvalue weighted by atomic mass is 16.5. The first-order chi connectivity index (χ1) is 6.70. The third-order valence-electron chi connectivity index (χ3n) is 2.31. The molecule has 14 heavy (non-hydrogen) atoms. The molecule has 2 heteroatoms. The first-order valence-corrected chi connectivity index (χ1v) is 4.79. The van der Waals surface area contributed by atoms with Gasteiger partial charge < -0.3 is 4.74 Å². The predicted molar refractivity (Wildman–Crippen MR) is 55.5 cm³/mol. The maximum absolute atomic E-state index is 8.89. The van der Waals surface area contributed by atoms with Crippen LogP contribution in [0.2, 0.25) is 0 Å². The van der Waals surface area contributed by atoms with Crippen LogP contribution in [0.1, 0.15) is 25.8 Å². The standard InChI is InChI=1S/C12H15NO/c1-3-12(2,10-13)14-9-11-7-5-4-6-8-11/h4-8H,3,9H2,1-2H3. The molecule has 0 aliphatic rings. The molecule has 74 valence electrons. The topological polar surface area (TPSA) is 33.0 Å². The number of hydrogen-bond donors (Lipinski definition) is 0. The summed E-state index contributed by atoms with van der Waals surface area (Å²) in [6.07, 6.45) is 0.705. The molecule has 1 unspecified atom stereocenters. The minimum absolute atomic E-state index is 0.499. The van der Waals surface area contributed by atoms with E-state index in [0.29, 0.717) is 13.0 Å². The smallest absolute Gasteiger partial charge is 0.151 e. The minimum atomic E-state index is -0.657. The van der Waals surface area contributed by atoms with Crippen LogP contribution in [-0.4, -0.2) is 5.60 Å². The largest absolute Gasteiger partial charge is 0.356 e. The number of ether oxygens (including phenoxy) is 1. The fourth-order valence-electron chi connectivity index (χ4n) is 1.03. The average Bonchev–Trinajstić information content (AvgIpc) is 2.27. The highest BCUT2D eigenvalue weighted by Gasteiger charge is 2.21. The Morgan fingerprint density at radius 1 is 1.36 bits per heavy atom. The van der Waals surface area contributed by atoms with E-state index in [-0.39, 0.29) is 0 Å². The van der Waals surface area contributed by atoms with Crippen LogP contribution in [0.4, 0.5) is 0 Å². The summed E-state index contributed by atoms with van der Waals surface area (Å²) in [6.45, 7) is 4.27. The second-order valence-corrected chi connectivity index (χ2v) is 3.47. The lowest BCUT2D eigenvalue weighted by Crippen LogP contribution is -2.25. The van der Waals surface area contributed by atoms with Gasteiger partial charge in [0.15, 0.2) is 5.60 Å². The highest BCUT2D eigenvalue weighted by Crippen LogP contribution is 2.16. The van der Waals surface area contributed by atoms with E-state index in [1.165, 1.54) is 0 Å². The zero-order valence-corrected chi connectivity index (χ0v) is 8.66. The lowest BCUT2D eigenvalue weighted by molar-refractivity contribution is -0.00335. The lowest BCUT2D eigenvalue weighted by Gasteiger charge is -2.20. The molecule has 0 radical (unpaired) electrons. The number of hydrogen-bond acceptors (Lipinski definition) is 2. The normalized spacial score (nSPS) is 14.4. The Balaban J connectivity index is 2.53. The summed E-state index contributed by atoms with van der Waals surface area (Å²) in [5.74, 6) is 0. The zero-order valence-electron chi connectivity index (χ0n) is 8.66. The van der Waals surface area contributed by atoms with Crippen LogP contribution < -0.4 is 0 Å². The minimum Gasteiger partial charge on any atom is -0.356 e. The maximum Gasteiger partial charge on any atom is 0.151 e. The van der Waals surface area contributed by atoms with Gasteiger partial charge in [-0.05, 0) is 18.9 Å². The van der Waals surface area contributed by atoms with Crippen molar-refractivity contribution in [2.45, 2.75) is 32.5 Å². The molecule has 0 N–H and O–H groups in total. The van der Waals surface area contributed by atoms with Crippen LogP contribution in [0.15, 0.2) is 30.3 Å². The quantitative estimate of drug-likeness (QED) is 0.729. The Kier molecular flexibility index (Phi) is 3.67. The van der Waals surface area contributed by atoms with Gasteiger partial charge in [-0.15, -0.1) is 0 Å². The Hall–Kier alpha value is -1.33. The average molecular weight is 189 g/mol. The molecule has 1 aromatic carbocycles. The molecule has 0 aliphatic heterocycles. The molecule has 1 rings (SSSR count). The van der Waals surface area contributed by atoms with Crippen LogP contribution in [0, 0.1) is 11.3 Å². The van der Waals surface area contributed by atoms with E-state index >= 15 is 0 Å². The third kappa shape index (κ3) is 2.86. The Labute approximate surface area is 85.1 Å². The zero-order chi connectivity index (χ0) is 10.4. The predicted octanol–water partition coefficient (Wildman–Crippen LogP) is 2.90. The Morgan fingerprint density at radius 3 is 2.50 bits per heavy atom. The van der Waals surface area contributed by atoms with Gasteiger partial charge in [-0.25, -0.2) is 0 Å². The van der Waals surface area contributed by atoms with Crippen molar-refractivity contribution in [2.24, 2.45) is 0 Å². The molecule has 0 aliphatic carbocycles. The van der Waals surface area contributed by atoms with E-state index in [1.54, 1.807) is 0 Å². The molecule has 0 heterocycles. The molecule has 0 saturated heterocycles. The first-order valence-electron chi connectivity index (χ1n) is 4.79. The fraction of sp³-hybridized carbons (Fsp3) is 0.417. The van der Waals surface area contributed by atoms with Gasteiger partial charge in [-0.3, -0.25) is 0 Å². The van der Waals surface area contributed by atoms with Crippen molar-refractivity contribution in [3.05, 3.63) is 35.9 Å². The molecule has 0 amide bonds. The van der Waals surface area contributed by atoms with Crippen molar-refractivity contribution in [2.75, 3.05) is 0 Å². The number of nitrogens with zero attached hydrogens (tertiary/aromatic N) is 1. The second-order valence-electron chi connectivity index (χ2n) is 3.47. The van der Waals surface area contributed by atoms with Gasteiger partial charge in [-0.2, -0.15) is 5.26 Å². The van der Waals surface area contributed by atoms with E-state index in [4.69, 9.17) is 10.00 Å². The summed E-state index contributed by atoms with van der Waals surface area (Å²) in [6, 6.07) is 12.1. The summed E-state index contributed by atoms with van der Waals surface area (Å²) in [7, 11) is 0. The molecule has 0 aromatic heterocycles. The Morgan fingerprint density at radius 2 is 2.00 bits per heavy atom. The molecular formula is C12H15NO. The monoisotopic (exact) mass is 189 g/mol. The maximum atomic E-state index is 8.89. The van der Waals surface area contributed by atoms with Gasteiger partial charge in [0.2, 0.25) is 0 Å². The van der Waals surface area contributed by atoms with Gasteiger partial charge in [0.1, 0.15) is 0 Å². The molecule has 0 bridgehead atoms. The summed E-state index contributed by atoms with van der Waals surface area (Å²) in [4.78, 5) is 0. The van der Waals surface area contributed by atoms with E-state index < -0.39 is 5.60 Å². The summed E-state index contributed by atoms with van der Waals surface area (Å²) >= 11 is 0. The van der Waals surface area contributed by atoms with E-state index in [2.05, 4.69) is 6.07 Å². The van der Waals surface area contributed by atoms with Gasteiger partial charge in [0.05, 0.1) is 12.7 Å². The van der Waals surface area contributed by atoms with Crippen molar-refractivity contribution in [3.63, 3.8) is 0 Å². The van der Waals surface area contributed by atoms with Crippen molar-refractivity contribution >= 4 is 0 Å². The van der Waals surface area contributed by atoms with E-state index in [1.807, 2.05) is 44.2 Å². The van der Waals surface area contributed by atoms with Crippen molar-refractivity contribution < 1.29 is 4.74 Å². The van der Waals surface area contributed by atoms with Gasteiger partial charge in [-0.1, -0.05) is 37.3 Å². The third-order valence-corrected chi connectivity index (χ3v) is 2.31. The fourth-order valence-corrected chi connectivity index (χ4v) is 1.03. The van der Waals surface area contributed by atoms with Gasteiger partial charge in [0.25, 0.3) is 0 Å². The van der Waals surface area contributed by atoms with Crippen LogP contribution >= 0.6 is 0 Å². The SMILES string of the molecule is CCC(C)(C#N)OCc1ccccc1. The van der Waals surface area contributed by atoms with Crippen molar-refractivity contribution in [1.82, 2.24) is 0 Å². The molecule has 1 atom stereocenters. The first kappa shape index (κ1) is 10.7. The summed E-state index contributed by atoms with van der Waals surface area (Å²) < 4.78 is 5.55. The molecule has 0 saturated carbocycles. The van der Waals surface area contributed by atoms with Crippen LogP contribution in [0.5, 0.6) is 0 Å². The van der Waals surface area contributed by atoms with E-state index in [0.717, 1.165) is 5.56 Å². The highest BCUT2D eigenvalue weighted by molar-refractivity contribution is 5.14. The van der Waals surface area contributed by atoms with Crippen LogP contribution in [0.25, 0.3) is 0 Å². The van der Waals surface area contributed by atoms with Gasteiger partial charge in [0, 0.05) is 0 Å². The van der Waals surface area contributed by atoms with Crippen LogP contribution in [0.3, 0.4) is 0 Å². The molecule has 0 fully saturated rings. The van der Waals surface area contributed by atoms with Crippen LogP contribution in [-0.2, 0) is 11.3 Å². The summed E-state index contributed by atoms with van der Waals surface area (Å²) in [5, 5.41) is 8.89. The van der Waals surface area contributed by atoms with E-state index in [9.17, 15) is 0 Å². The van der Waals surface area contributed by atoms with Crippen molar-refractivity contribution in [1.29, 1.82) is 5.26 Å². The molecule has 1 aromatic rings. The number of rotatable bonds is 4. The van der Waals surface area contributed by atoms with Gasteiger partial charge >= 0.3 is 0 Å². The molecular weight excluding hydrogens is 174 g/mol. The lowest BCUT2D eigenvalue weighted by atomic mass is 10.1. The Bertz CT molecular complexity index is 315. The second kappa shape index (κ2) is 4.78. The number of benzene rings is 1. The molecule has 0 spiro atoms. The molecule has 2 nitrogen and oxygen atoms in total. The summed E-state index contributed by atoms with van der Waals surface area (Å²) in [5.41, 5.74) is 0.443.